The van der Waals surface area contributed by atoms with Crippen molar-refractivity contribution in [1.29, 1.82) is 0 Å². The van der Waals surface area contributed by atoms with Gasteiger partial charge >= 0.3 is 6.18 Å². The highest BCUT2D eigenvalue weighted by atomic mass is 79.9. The highest BCUT2D eigenvalue weighted by molar-refractivity contribution is 9.10. The lowest BCUT2D eigenvalue weighted by Crippen LogP contribution is -2.06. The highest BCUT2D eigenvalue weighted by Crippen LogP contribution is 2.36. The van der Waals surface area contributed by atoms with E-state index in [9.17, 15) is 17.6 Å². The third-order valence-corrected chi connectivity index (χ3v) is 3.59. The molecule has 0 bridgehead atoms. The van der Waals surface area contributed by atoms with Gasteiger partial charge in [0.25, 0.3) is 0 Å². The second-order valence-corrected chi connectivity index (χ2v) is 5.43. The van der Waals surface area contributed by atoms with Crippen LogP contribution in [0.2, 0.25) is 5.02 Å². The Balaban J connectivity index is 2.42. The predicted octanol–water partition coefficient (Wildman–Crippen LogP) is 5.59. The van der Waals surface area contributed by atoms with Crippen LogP contribution in [0.3, 0.4) is 0 Å². The van der Waals surface area contributed by atoms with E-state index in [0.717, 1.165) is 24.3 Å². The lowest BCUT2D eigenvalue weighted by molar-refractivity contribution is -0.137. The molecule has 21 heavy (non-hydrogen) atoms. The maximum absolute atomic E-state index is 13.3. The number of nitrogens with two attached hydrogens (primary N) is 1. The number of hydrogen-bond acceptors (Lipinski definition) is 2. The largest absolute Gasteiger partial charge is 0.416 e. The topological polar surface area (TPSA) is 38.0 Å². The Bertz CT molecular complexity index is 689. The number of nitrogens with one attached hydrogen (secondary N) is 1. The molecule has 0 atom stereocenters. The summed E-state index contributed by atoms with van der Waals surface area (Å²) in [4.78, 5) is 0. The van der Waals surface area contributed by atoms with Crippen molar-refractivity contribution in [2.24, 2.45) is 0 Å². The first kappa shape index (κ1) is 15.9. The lowest BCUT2D eigenvalue weighted by atomic mass is 10.2. The van der Waals surface area contributed by atoms with E-state index in [4.69, 9.17) is 17.3 Å². The van der Waals surface area contributed by atoms with E-state index in [0.29, 0.717) is 0 Å². The van der Waals surface area contributed by atoms with Gasteiger partial charge in [-0.1, -0.05) is 11.6 Å². The second kappa shape index (κ2) is 5.73. The maximum Gasteiger partial charge on any atom is 0.416 e. The molecule has 0 aromatic heterocycles. The molecule has 0 aliphatic carbocycles. The average molecular weight is 384 g/mol. The summed E-state index contributed by atoms with van der Waals surface area (Å²) in [6.07, 6.45) is -4.49. The van der Waals surface area contributed by atoms with E-state index in [1.165, 1.54) is 6.07 Å². The zero-order valence-electron chi connectivity index (χ0n) is 10.2. The monoisotopic (exact) mass is 382 g/mol. The zero-order valence-corrected chi connectivity index (χ0v) is 12.6. The predicted molar refractivity (Wildman–Crippen MR) is 78.2 cm³/mol. The van der Waals surface area contributed by atoms with Gasteiger partial charge in [-0.15, -0.1) is 0 Å². The molecule has 0 aliphatic heterocycles. The van der Waals surface area contributed by atoms with Gasteiger partial charge in [-0.2, -0.15) is 13.2 Å². The quantitative estimate of drug-likeness (QED) is 0.524. The second-order valence-electron chi connectivity index (χ2n) is 4.17. The van der Waals surface area contributed by atoms with Crippen LogP contribution in [-0.4, -0.2) is 0 Å². The molecule has 0 aliphatic rings. The van der Waals surface area contributed by atoms with Crippen molar-refractivity contribution in [2.75, 3.05) is 11.1 Å². The van der Waals surface area contributed by atoms with Crippen LogP contribution in [0.1, 0.15) is 5.56 Å². The van der Waals surface area contributed by atoms with E-state index < -0.39 is 17.6 Å². The Labute approximate surface area is 131 Å². The summed E-state index contributed by atoms with van der Waals surface area (Å²) in [5.74, 6) is -0.576. The SMILES string of the molecule is Nc1cc(F)c(Br)cc1Nc1cc(C(F)(F)F)ccc1Cl. The van der Waals surface area contributed by atoms with Crippen LogP contribution in [0.15, 0.2) is 34.8 Å². The molecule has 2 nitrogen and oxygen atoms in total. The minimum absolute atomic E-state index is 0.0247. The van der Waals surface area contributed by atoms with E-state index in [1.54, 1.807) is 0 Å². The fraction of sp³-hybridized carbons (Fsp3) is 0.0769. The highest BCUT2D eigenvalue weighted by Gasteiger charge is 2.31. The van der Waals surface area contributed by atoms with Gasteiger partial charge in [0.05, 0.1) is 32.1 Å². The van der Waals surface area contributed by atoms with Crippen molar-refractivity contribution in [3.63, 3.8) is 0 Å². The van der Waals surface area contributed by atoms with Crippen molar-refractivity contribution in [3.05, 3.63) is 51.2 Å². The summed E-state index contributed by atoms with van der Waals surface area (Å²) >= 11 is 8.84. The Kier molecular flexibility index (Phi) is 4.34. The van der Waals surface area contributed by atoms with Crippen LogP contribution >= 0.6 is 27.5 Å². The summed E-state index contributed by atoms with van der Waals surface area (Å²) in [6, 6.07) is 5.23. The summed E-state index contributed by atoms with van der Waals surface area (Å²) < 4.78 is 51.4. The molecule has 0 amide bonds. The average Bonchev–Trinajstić information content (AvgIpc) is 2.37. The molecule has 0 saturated heterocycles. The summed E-state index contributed by atoms with van der Waals surface area (Å²) in [5, 5.41) is 2.75. The Morgan fingerprint density at radius 2 is 1.76 bits per heavy atom. The maximum atomic E-state index is 13.3. The molecule has 0 saturated carbocycles. The van der Waals surface area contributed by atoms with Gasteiger partial charge in [-0.05, 0) is 40.2 Å². The van der Waals surface area contributed by atoms with Crippen LogP contribution in [-0.2, 0) is 6.18 Å². The standard InChI is InChI=1S/C13H8BrClF4N2/c14-7-4-12(10(20)5-9(7)16)21-11-3-6(13(17,18)19)1-2-8(11)15/h1-5,21H,20H2. The molecule has 0 unspecified atom stereocenters. The van der Waals surface area contributed by atoms with Crippen LogP contribution in [0.5, 0.6) is 0 Å². The minimum Gasteiger partial charge on any atom is -0.397 e. The smallest absolute Gasteiger partial charge is 0.397 e. The Morgan fingerprint density at radius 3 is 2.38 bits per heavy atom. The lowest BCUT2D eigenvalue weighted by Gasteiger charge is -2.14. The number of benzene rings is 2. The number of rotatable bonds is 2. The molecule has 0 fully saturated rings. The Hall–Kier alpha value is -1.47. The third-order valence-electron chi connectivity index (χ3n) is 2.66. The van der Waals surface area contributed by atoms with Gasteiger partial charge in [0.15, 0.2) is 0 Å². The first-order valence-corrected chi connectivity index (χ1v) is 6.74. The van der Waals surface area contributed by atoms with Crippen LogP contribution in [0.25, 0.3) is 0 Å². The van der Waals surface area contributed by atoms with Crippen molar-refractivity contribution in [1.82, 2.24) is 0 Å². The van der Waals surface area contributed by atoms with Crippen LogP contribution in [0.4, 0.5) is 34.6 Å². The molecule has 2 rings (SSSR count). The summed E-state index contributed by atoms with van der Waals surface area (Å²) in [5.41, 5.74) is 5.08. The Morgan fingerprint density at radius 1 is 1.10 bits per heavy atom. The fourth-order valence-electron chi connectivity index (χ4n) is 1.61. The molecular weight excluding hydrogens is 376 g/mol. The molecular formula is C13H8BrClF4N2. The van der Waals surface area contributed by atoms with Crippen LogP contribution in [0, 0.1) is 5.82 Å². The molecule has 2 aromatic carbocycles. The molecule has 2 aromatic rings. The van der Waals surface area contributed by atoms with Crippen LogP contribution < -0.4 is 11.1 Å². The number of halogens is 6. The first-order chi connectivity index (χ1) is 9.68. The van der Waals surface area contributed by atoms with Crippen molar-refractivity contribution >= 4 is 44.6 Å². The molecule has 0 heterocycles. The van der Waals surface area contributed by atoms with Gasteiger partial charge in [0.2, 0.25) is 0 Å². The third kappa shape index (κ3) is 3.59. The summed E-state index contributed by atoms with van der Waals surface area (Å²) in [6.45, 7) is 0. The van der Waals surface area contributed by atoms with E-state index in [-0.39, 0.29) is 26.6 Å². The first-order valence-electron chi connectivity index (χ1n) is 5.57. The minimum atomic E-state index is -4.49. The molecule has 0 radical (unpaired) electrons. The van der Waals surface area contributed by atoms with Gasteiger partial charge < -0.3 is 11.1 Å². The normalized spacial score (nSPS) is 11.5. The molecule has 112 valence electrons. The summed E-state index contributed by atoms with van der Waals surface area (Å²) in [7, 11) is 0. The van der Waals surface area contributed by atoms with Crippen molar-refractivity contribution < 1.29 is 17.6 Å². The number of nitrogen functional groups attached to an aromatic ring is 1. The van der Waals surface area contributed by atoms with Crippen molar-refractivity contribution in [3.8, 4) is 0 Å². The van der Waals surface area contributed by atoms with Crippen molar-refractivity contribution in [2.45, 2.75) is 6.18 Å². The fourth-order valence-corrected chi connectivity index (χ4v) is 2.12. The number of alkyl halides is 3. The van der Waals surface area contributed by atoms with Gasteiger partial charge in [-0.25, -0.2) is 4.39 Å². The van der Waals surface area contributed by atoms with E-state index in [2.05, 4.69) is 21.2 Å². The van der Waals surface area contributed by atoms with Gasteiger partial charge in [0, 0.05) is 6.07 Å². The van der Waals surface area contributed by atoms with Gasteiger partial charge in [0.1, 0.15) is 5.82 Å². The van der Waals surface area contributed by atoms with E-state index >= 15 is 0 Å². The van der Waals surface area contributed by atoms with Gasteiger partial charge in [-0.3, -0.25) is 0 Å². The molecule has 8 heteroatoms. The molecule has 3 N–H and O–H groups in total. The van der Waals surface area contributed by atoms with E-state index in [1.807, 2.05) is 0 Å². The number of anilines is 3. The number of hydrogen-bond donors (Lipinski definition) is 2. The zero-order chi connectivity index (χ0) is 15.8. The molecule has 0 spiro atoms.